The van der Waals surface area contributed by atoms with Crippen LogP contribution in [0.3, 0.4) is 0 Å². The monoisotopic (exact) mass is 219 g/mol. The standard InChI is InChI=1S/C4H11OSi.C3H5.Co.O/c1-3-4-6-5-2;1-3-2;;/h1,3-4,6H2,2H3;1H2,2H3;;. The summed E-state index contributed by atoms with van der Waals surface area (Å²) in [6.45, 7) is 5.47. The maximum atomic E-state index is 11.1. The number of hydrogen-bond acceptors (Lipinski definition) is 2. The first-order valence-electron chi connectivity index (χ1n) is 3.59. The zero-order valence-corrected chi connectivity index (χ0v) is 9.64. The van der Waals surface area contributed by atoms with E-state index >= 15 is 0 Å². The molecule has 0 unspecified atom stereocenters. The summed E-state index contributed by atoms with van der Waals surface area (Å²) in [7, 11) is 1.44. The fourth-order valence-electron chi connectivity index (χ4n) is 0.579. The van der Waals surface area contributed by atoms with Crippen molar-refractivity contribution >= 4 is 9.76 Å². The van der Waals surface area contributed by atoms with Gasteiger partial charge in [0.05, 0.1) is 0 Å². The summed E-state index contributed by atoms with van der Waals surface area (Å²) < 4.78 is 16.9. The molecule has 0 aromatic carbocycles. The molecule has 0 rings (SSSR count). The Morgan fingerprint density at radius 1 is 1.73 bits per heavy atom. The van der Waals surface area contributed by atoms with Gasteiger partial charge in [-0.3, -0.25) is 0 Å². The second-order valence-electron chi connectivity index (χ2n) is 2.29. The van der Waals surface area contributed by atoms with Gasteiger partial charge in [-0.2, -0.15) is 0 Å². The van der Waals surface area contributed by atoms with Crippen LogP contribution in [0.25, 0.3) is 0 Å². The Bertz CT molecular complexity index is 147. The van der Waals surface area contributed by atoms with E-state index in [0.717, 1.165) is 22.3 Å². The number of rotatable bonds is 6. The van der Waals surface area contributed by atoms with E-state index in [9.17, 15) is 3.87 Å². The zero-order valence-electron chi connectivity index (χ0n) is 7.19. The van der Waals surface area contributed by atoms with Gasteiger partial charge >= 0.3 is 74.6 Å². The molecule has 0 amide bonds. The van der Waals surface area contributed by atoms with Crippen LogP contribution in [-0.2, 0) is 21.9 Å². The fourth-order valence-corrected chi connectivity index (χ4v) is 2.80. The SMILES string of the molecule is C=[C](C)[Co](=[O])[CH2]CC[SiH2]OC. The molecule has 0 aliphatic heterocycles. The molecule has 0 aromatic heterocycles. The van der Waals surface area contributed by atoms with E-state index < -0.39 is 13.6 Å². The van der Waals surface area contributed by atoms with Crippen LogP contribution in [-0.4, -0.2) is 16.9 Å². The number of hydrogen-bond donors (Lipinski definition) is 0. The molecule has 0 saturated heterocycles. The Hall–Kier alpha value is 0.223. The van der Waals surface area contributed by atoms with Crippen molar-refractivity contribution in [3.8, 4) is 0 Å². The Labute approximate surface area is 74.9 Å². The summed E-state index contributed by atoms with van der Waals surface area (Å²) in [6.07, 6.45) is 1.03. The van der Waals surface area contributed by atoms with Crippen molar-refractivity contribution in [2.24, 2.45) is 0 Å². The van der Waals surface area contributed by atoms with Gasteiger partial charge in [-0.05, 0) is 0 Å². The van der Waals surface area contributed by atoms with Crippen LogP contribution in [0, 0.1) is 0 Å². The molecular formula is C7H16CoO2Si. The Morgan fingerprint density at radius 3 is 2.82 bits per heavy atom. The zero-order chi connectivity index (χ0) is 8.69. The summed E-state index contributed by atoms with van der Waals surface area (Å²) in [6, 6.07) is 1.13. The van der Waals surface area contributed by atoms with Crippen LogP contribution in [0.15, 0.2) is 11.1 Å². The van der Waals surface area contributed by atoms with Gasteiger partial charge in [-0.25, -0.2) is 0 Å². The normalized spacial score (nSPS) is 12.4. The van der Waals surface area contributed by atoms with E-state index in [1.165, 1.54) is 0 Å². The van der Waals surface area contributed by atoms with E-state index in [-0.39, 0.29) is 9.76 Å². The molecule has 0 aliphatic carbocycles. The van der Waals surface area contributed by atoms with Crippen LogP contribution in [0.5, 0.6) is 0 Å². The van der Waals surface area contributed by atoms with E-state index in [4.69, 9.17) is 4.43 Å². The molecular weight excluding hydrogens is 203 g/mol. The predicted octanol–water partition coefficient (Wildman–Crippen LogP) is 1.44. The molecule has 69 valence electrons. The topological polar surface area (TPSA) is 26.3 Å². The third-order valence-corrected chi connectivity index (χ3v) is 4.21. The van der Waals surface area contributed by atoms with Gasteiger partial charge in [-0.15, -0.1) is 0 Å². The molecule has 11 heavy (non-hydrogen) atoms. The first kappa shape index (κ1) is 11.2. The third-order valence-electron chi connectivity index (χ3n) is 1.19. The number of allylic oxidation sites excluding steroid dienone is 1. The van der Waals surface area contributed by atoms with Crippen molar-refractivity contribution in [3.63, 3.8) is 0 Å². The molecule has 0 fully saturated rings. The van der Waals surface area contributed by atoms with Crippen molar-refractivity contribution in [2.45, 2.75) is 24.7 Å². The van der Waals surface area contributed by atoms with Gasteiger partial charge in [-0.1, -0.05) is 0 Å². The molecule has 0 saturated carbocycles. The molecule has 0 atom stereocenters. The summed E-state index contributed by atoms with van der Waals surface area (Å²) in [5, 5.41) is 0.790. The van der Waals surface area contributed by atoms with Crippen LogP contribution >= 0.6 is 0 Å². The summed E-state index contributed by atoms with van der Waals surface area (Å²) >= 11 is -1.11. The average Bonchev–Trinajstić information content (AvgIpc) is 1.97. The van der Waals surface area contributed by atoms with Gasteiger partial charge in [0.25, 0.3) is 0 Å². The fraction of sp³-hybridized carbons (Fsp3) is 0.714. The summed E-state index contributed by atoms with van der Waals surface area (Å²) in [5.74, 6) is 0. The molecule has 0 N–H and O–H groups in total. The summed E-state index contributed by atoms with van der Waals surface area (Å²) in [4.78, 5) is 0. The Morgan fingerprint density at radius 2 is 2.36 bits per heavy atom. The van der Waals surface area contributed by atoms with E-state index in [2.05, 4.69) is 6.58 Å². The molecule has 0 spiro atoms. The minimum atomic E-state index is -1.11. The Kier molecular flexibility index (Phi) is 7.04. The molecule has 4 heteroatoms. The molecule has 2 nitrogen and oxygen atoms in total. The second-order valence-corrected chi connectivity index (χ2v) is 6.27. The predicted molar refractivity (Wildman–Crippen MR) is 45.3 cm³/mol. The first-order chi connectivity index (χ1) is 5.18. The van der Waals surface area contributed by atoms with Gasteiger partial charge in [0.15, 0.2) is 0 Å². The van der Waals surface area contributed by atoms with Gasteiger partial charge < -0.3 is 0 Å². The van der Waals surface area contributed by atoms with Crippen molar-refractivity contribution in [1.29, 1.82) is 0 Å². The van der Waals surface area contributed by atoms with Crippen LogP contribution in [0.4, 0.5) is 0 Å². The quantitative estimate of drug-likeness (QED) is 0.499. The van der Waals surface area contributed by atoms with Crippen LogP contribution < -0.4 is 0 Å². The van der Waals surface area contributed by atoms with Crippen molar-refractivity contribution in [1.82, 2.24) is 0 Å². The Balaban J connectivity index is 3.25. The maximum absolute atomic E-state index is 11.1. The summed E-state index contributed by atoms with van der Waals surface area (Å²) in [5.41, 5.74) is 0. The van der Waals surface area contributed by atoms with Crippen molar-refractivity contribution in [2.75, 3.05) is 7.11 Å². The van der Waals surface area contributed by atoms with Crippen LogP contribution in [0.2, 0.25) is 11.4 Å². The average molecular weight is 219 g/mol. The molecule has 0 aromatic rings. The molecule has 0 bridgehead atoms. The molecule has 0 aliphatic rings. The van der Waals surface area contributed by atoms with E-state index in [1.807, 2.05) is 6.92 Å². The van der Waals surface area contributed by atoms with Gasteiger partial charge in [0, 0.05) is 0 Å². The van der Waals surface area contributed by atoms with Crippen molar-refractivity contribution in [3.05, 3.63) is 11.1 Å². The third kappa shape index (κ3) is 6.61. The molecule has 0 radical (unpaired) electrons. The van der Waals surface area contributed by atoms with Crippen molar-refractivity contribution < 1.29 is 21.9 Å². The van der Waals surface area contributed by atoms with Gasteiger partial charge in [0.1, 0.15) is 0 Å². The second kappa shape index (κ2) is 6.90. The van der Waals surface area contributed by atoms with Crippen LogP contribution in [0.1, 0.15) is 13.3 Å². The van der Waals surface area contributed by atoms with E-state index in [1.54, 1.807) is 7.11 Å². The van der Waals surface area contributed by atoms with Gasteiger partial charge in [0.2, 0.25) is 0 Å². The van der Waals surface area contributed by atoms with E-state index in [0.29, 0.717) is 0 Å². The first-order valence-corrected chi connectivity index (χ1v) is 6.85. The molecule has 0 heterocycles. The minimum absolute atomic E-state index is 0.304.